The maximum atomic E-state index is 6.37. The van der Waals surface area contributed by atoms with Crippen molar-refractivity contribution in [3.63, 3.8) is 0 Å². The predicted molar refractivity (Wildman–Crippen MR) is 130 cm³/mol. The van der Waals surface area contributed by atoms with Gasteiger partial charge in [-0.25, -0.2) is 0 Å². The highest BCUT2D eigenvalue weighted by atomic mass is 35.5. The van der Waals surface area contributed by atoms with Gasteiger partial charge < -0.3 is 19.2 Å². The molecular weight excluding hydrogens is 423 g/mol. The molecule has 4 nitrogen and oxygen atoms in total. The maximum absolute atomic E-state index is 6.37. The van der Waals surface area contributed by atoms with Gasteiger partial charge in [-0.15, -0.1) is 11.8 Å². The molecule has 29 heavy (non-hydrogen) atoms. The molecule has 2 aliphatic heterocycles. The summed E-state index contributed by atoms with van der Waals surface area (Å²) in [5.74, 6) is 1.18. The number of rotatable bonds is 7. The molecular formula is C22H33Cl2N4S+. The molecule has 0 saturated carbocycles. The van der Waals surface area contributed by atoms with Crippen LogP contribution < -0.4 is 9.80 Å². The van der Waals surface area contributed by atoms with Crippen LogP contribution in [0.1, 0.15) is 13.3 Å². The van der Waals surface area contributed by atoms with Crippen LogP contribution in [-0.2, 0) is 0 Å². The molecule has 1 saturated heterocycles. The van der Waals surface area contributed by atoms with Gasteiger partial charge >= 0.3 is 0 Å². The standard InChI is InChI=1S/C22H33Cl2N4S/c1-6-26-12-14-29-22(26)10-7-9-21-25(2)19-15-17(23)18(24)16-20(19)27(21)11-8-13-28(3,4)5/h7,9-10,15-16,21H,6,8,11-14H2,1-5H3/q+1. The SMILES string of the molecule is CCN1CCSC1=CC=CC1N(C)c2cc(Cl)c(Cl)cc2N1CCC[N+](C)(C)C. The van der Waals surface area contributed by atoms with Gasteiger partial charge in [0.05, 0.1) is 54.1 Å². The van der Waals surface area contributed by atoms with E-state index in [2.05, 4.69) is 68.0 Å². The van der Waals surface area contributed by atoms with E-state index in [1.807, 2.05) is 23.9 Å². The van der Waals surface area contributed by atoms with Crippen LogP contribution in [0.15, 0.2) is 35.4 Å². The van der Waals surface area contributed by atoms with Crippen LogP contribution in [0.3, 0.4) is 0 Å². The van der Waals surface area contributed by atoms with Crippen LogP contribution in [0.25, 0.3) is 0 Å². The molecule has 1 aromatic rings. The Labute approximate surface area is 190 Å². The Morgan fingerprint density at radius 1 is 1.17 bits per heavy atom. The Morgan fingerprint density at radius 2 is 1.86 bits per heavy atom. The lowest BCUT2D eigenvalue weighted by molar-refractivity contribution is -0.870. The summed E-state index contributed by atoms with van der Waals surface area (Å²) in [4.78, 5) is 7.17. The van der Waals surface area contributed by atoms with Crippen molar-refractivity contribution in [2.75, 3.05) is 69.9 Å². The summed E-state index contributed by atoms with van der Waals surface area (Å²) in [6, 6.07) is 4.00. The normalized spacial score (nSPS) is 21.1. The first-order valence-electron chi connectivity index (χ1n) is 10.3. The van der Waals surface area contributed by atoms with Crippen LogP contribution in [0.2, 0.25) is 10.0 Å². The first-order chi connectivity index (χ1) is 13.7. The van der Waals surface area contributed by atoms with Crippen molar-refractivity contribution in [3.05, 3.63) is 45.4 Å². The zero-order chi connectivity index (χ0) is 21.2. The lowest BCUT2D eigenvalue weighted by Crippen LogP contribution is -2.42. The number of hydrogen-bond donors (Lipinski definition) is 0. The van der Waals surface area contributed by atoms with Crippen molar-refractivity contribution in [2.24, 2.45) is 0 Å². The van der Waals surface area contributed by atoms with Gasteiger partial charge in [0, 0.05) is 38.9 Å². The van der Waals surface area contributed by atoms with E-state index in [0.717, 1.165) is 48.5 Å². The molecule has 1 fully saturated rings. The third-order valence-corrected chi connectivity index (χ3v) is 7.28. The van der Waals surface area contributed by atoms with E-state index < -0.39 is 0 Å². The van der Waals surface area contributed by atoms with Crippen molar-refractivity contribution < 1.29 is 4.48 Å². The minimum atomic E-state index is 0.158. The lowest BCUT2D eigenvalue weighted by atomic mass is 10.2. The second-order valence-corrected chi connectivity index (χ2v) is 10.6. The van der Waals surface area contributed by atoms with E-state index in [-0.39, 0.29) is 6.17 Å². The van der Waals surface area contributed by atoms with Crippen molar-refractivity contribution in [3.8, 4) is 0 Å². The molecule has 1 atom stereocenters. The molecule has 0 bridgehead atoms. The molecule has 0 radical (unpaired) electrons. The number of nitrogens with zero attached hydrogens (tertiary/aromatic N) is 4. The molecule has 7 heteroatoms. The van der Waals surface area contributed by atoms with Crippen molar-refractivity contribution >= 4 is 46.3 Å². The molecule has 0 amide bonds. The summed E-state index contributed by atoms with van der Waals surface area (Å²) in [6.07, 6.45) is 8.02. The minimum Gasteiger partial charge on any atom is -0.366 e. The minimum absolute atomic E-state index is 0.158. The number of likely N-dealkylation sites (N-methyl/N-ethyl adjacent to an activating group) is 1. The maximum Gasteiger partial charge on any atom is 0.121 e. The van der Waals surface area contributed by atoms with Crippen LogP contribution in [0, 0.1) is 0 Å². The summed E-state index contributed by atoms with van der Waals surface area (Å²) in [6.45, 7) is 6.53. The number of benzene rings is 1. The Balaban J connectivity index is 1.83. The van der Waals surface area contributed by atoms with Gasteiger partial charge in [0.1, 0.15) is 6.17 Å². The summed E-state index contributed by atoms with van der Waals surface area (Å²) in [7, 11) is 8.85. The summed E-state index contributed by atoms with van der Waals surface area (Å²) < 4.78 is 0.967. The third-order valence-electron chi connectivity index (χ3n) is 5.48. The Hall–Kier alpha value is -1.01. The zero-order valence-electron chi connectivity index (χ0n) is 18.2. The molecule has 0 aliphatic carbocycles. The van der Waals surface area contributed by atoms with Crippen LogP contribution in [-0.4, -0.2) is 75.7 Å². The lowest BCUT2D eigenvalue weighted by Gasteiger charge is -2.30. The molecule has 0 N–H and O–H groups in total. The summed E-state index contributed by atoms with van der Waals surface area (Å²) in [5, 5.41) is 2.59. The van der Waals surface area contributed by atoms with E-state index in [0.29, 0.717) is 10.0 Å². The number of hydrogen-bond acceptors (Lipinski definition) is 4. The van der Waals surface area contributed by atoms with Gasteiger partial charge in [-0.3, -0.25) is 0 Å². The van der Waals surface area contributed by atoms with Crippen LogP contribution >= 0.6 is 35.0 Å². The fourth-order valence-corrected chi connectivity index (χ4v) is 5.31. The van der Waals surface area contributed by atoms with Gasteiger partial charge in [0.15, 0.2) is 0 Å². The molecule has 1 unspecified atom stereocenters. The molecule has 1 aromatic carbocycles. The Kier molecular flexibility index (Phi) is 7.36. The second kappa shape index (κ2) is 9.42. The molecule has 0 aromatic heterocycles. The van der Waals surface area contributed by atoms with Crippen LogP contribution in [0.5, 0.6) is 0 Å². The van der Waals surface area contributed by atoms with Gasteiger partial charge in [0.25, 0.3) is 0 Å². The quantitative estimate of drug-likeness (QED) is 0.526. The highest BCUT2D eigenvalue weighted by molar-refractivity contribution is 8.03. The average molecular weight is 457 g/mol. The van der Waals surface area contributed by atoms with E-state index in [1.165, 1.54) is 10.8 Å². The van der Waals surface area contributed by atoms with E-state index in [4.69, 9.17) is 23.2 Å². The van der Waals surface area contributed by atoms with Gasteiger partial charge in [-0.1, -0.05) is 29.3 Å². The molecule has 2 aliphatic rings. The zero-order valence-corrected chi connectivity index (χ0v) is 20.5. The number of allylic oxidation sites excluding steroid dienone is 2. The largest absolute Gasteiger partial charge is 0.366 e. The summed E-state index contributed by atoms with van der Waals surface area (Å²) >= 11 is 14.6. The van der Waals surface area contributed by atoms with E-state index in [1.54, 1.807) is 0 Å². The molecule has 160 valence electrons. The molecule has 2 heterocycles. The highest BCUT2D eigenvalue weighted by Gasteiger charge is 2.32. The number of thioether (sulfide) groups is 1. The number of halogens is 2. The predicted octanol–water partition coefficient (Wildman–Crippen LogP) is 5.14. The monoisotopic (exact) mass is 455 g/mol. The smallest absolute Gasteiger partial charge is 0.121 e. The van der Waals surface area contributed by atoms with Gasteiger partial charge in [-0.2, -0.15) is 0 Å². The fraction of sp³-hybridized carbons (Fsp3) is 0.545. The Bertz CT molecular complexity index is 788. The highest BCUT2D eigenvalue weighted by Crippen LogP contribution is 2.43. The van der Waals surface area contributed by atoms with Crippen LogP contribution in [0.4, 0.5) is 11.4 Å². The van der Waals surface area contributed by atoms with Gasteiger partial charge in [-0.05, 0) is 31.2 Å². The first kappa shape index (κ1) is 22.7. The van der Waals surface area contributed by atoms with E-state index >= 15 is 0 Å². The second-order valence-electron chi connectivity index (χ2n) is 8.66. The number of quaternary nitrogens is 1. The van der Waals surface area contributed by atoms with E-state index in [9.17, 15) is 0 Å². The molecule has 3 rings (SSSR count). The number of anilines is 2. The van der Waals surface area contributed by atoms with Crippen molar-refractivity contribution in [1.82, 2.24) is 4.90 Å². The molecule has 0 spiro atoms. The van der Waals surface area contributed by atoms with Gasteiger partial charge in [0.2, 0.25) is 0 Å². The van der Waals surface area contributed by atoms with Crippen molar-refractivity contribution in [1.29, 1.82) is 0 Å². The number of fused-ring (bicyclic) bond motifs is 1. The Morgan fingerprint density at radius 3 is 2.52 bits per heavy atom. The first-order valence-corrected chi connectivity index (χ1v) is 12.0. The van der Waals surface area contributed by atoms with Crippen molar-refractivity contribution in [2.45, 2.75) is 19.5 Å². The topological polar surface area (TPSA) is 9.72 Å². The summed E-state index contributed by atoms with van der Waals surface area (Å²) in [5.41, 5.74) is 2.30. The fourth-order valence-electron chi connectivity index (χ4n) is 3.90. The average Bonchev–Trinajstić information content (AvgIpc) is 3.19. The third kappa shape index (κ3) is 5.38.